The zero-order valence-corrected chi connectivity index (χ0v) is 7.27. The molecule has 0 aliphatic heterocycles. The largest absolute Gasteiger partial charge is 0.368 e. The quantitative estimate of drug-likeness (QED) is 0.533. The van der Waals surface area contributed by atoms with E-state index in [-0.39, 0.29) is 6.10 Å². The third-order valence-corrected chi connectivity index (χ3v) is 1.28. The average Bonchev–Trinajstić information content (AvgIpc) is 1.89. The summed E-state index contributed by atoms with van der Waals surface area (Å²) in [7, 11) is 1.70. The first-order chi connectivity index (χ1) is 4.72. The predicted molar refractivity (Wildman–Crippen MR) is 43.7 cm³/mol. The van der Waals surface area contributed by atoms with E-state index in [9.17, 15) is 0 Å². The Morgan fingerprint density at radius 1 is 1.40 bits per heavy atom. The van der Waals surface area contributed by atoms with Crippen molar-refractivity contribution in [3.8, 4) is 11.8 Å². The molecule has 1 heteroatoms. The van der Waals surface area contributed by atoms with Gasteiger partial charge in [0.05, 0.1) is 0 Å². The van der Waals surface area contributed by atoms with Gasteiger partial charge in [-0.3, -0.25) is 0 Å². The molecule has 1 atom stereocenters. The normalized spacial score (nSPS) is 12.5. The van der Waals surface area contributed by atoms with Crippen LogP contribution in [0.1, 0.15) is 27.2 Å². The number of hydrogen-bond donors (Lipinski definition) is 0. The second kappa shape index (κ2) is 5.32. The summed E-state index contributed by atoms with van der Waals surface area (Å²) in [6.07, 6.45) is 1.02. The van der Waals surface area contributed by atoms with Crippen LogP contribution in [-0.4, -0.2) is 13.2 Å². The van der Waals surface area contributed by atoms with Gasteiger partial charge in [0.25, 0.3) is 0 Å². The van der Waals surface area contributed by atoms with Gasteiger partial charge >= 0.3 is 0 Å². The summed E-state index contributed by atoms with van der Waals surface area (Å²) < 4.78 is 5.14. The topological polar surface area (TPSA) is 9.23 Å². The fourth-order valence-corrected chi connectivity index (χ4v) is 0.700. The monoisotopic (exact) mass is 140 g/mol. The van der Waals surface area contributed by atoms with Crippen LogP contribution in [0, 0.1) is 17.8 Å². The van der Waals surface area contributed by atoms with Crippen LogP contribution < -0.4 is 0 Å². The molecule has 0 rings (SSSR count). The maximum Gasteiger partial charge on any atom is 0.120 e. The van der Waals surface area contributed by atoms with Crippen LogP contribution in [0.25, 0.3) is 0 Å². The molecule has 0 aliphatic carbocycles. The van der Waals surface area contributed by atoms with Gasteiger partial charge in [-0.15, -0.1) is 5.92 Å². The van der Waals surface area contributed by atoms with Gasteiger partial charge in [-0.1, -0.05) is 26.7 Å². The highest BCUT2D eigenvalue weighted by atomic mass is 16.5. The molecule has 0 radical (unpaired) electrons. The second-order valence-corrected chi connectivity index (χ2v) is 2.57. The molecule has 0 heterocycles. The fraction of sp³-hybridized carbons (Fsp3) is 0.778. The lowest BCUT2D eigenvalue weighted by atomic mass is 10.1. The van der Waals surface area contributed by atoms with Crippen LogP contribution in [-0.2, 0) is 4.74 Å². The Kier molecular flexibility index (Phi) is 5.06. The van der Waals surface area contributed by atoms with E-state index in [0.29, 0.717) is 5.92 Å². The van der Waals surface area contributed by atoms with E-state index >= 15 is 0 Å². The Bertz CT molecular complexity index is 127. The molecule has 0 saturated heterocycles. The summed E-state index contributed by atoms with van der Waals surface area (Å²) in [5.41, 5.74) is 0. The lowest BCUT2D eigenvalue weighted by Crippen LogP contribution is -2.14. The Labute approximate surface area is 63.8 Å². The van der Waals surface area contributed by atoms with E-state index in [1.54, 1.807) is 7.11 Å². The molecule has 0 aromatic heterocycles. The molecule has 0 amide bonds. The lowest BCUT2D eigenvalue weighted by Gasteiger charge is -2.11. The Morgan fingerprint density at radius 3 is 2.30 bits per heavy atom. The third-order valence-electron chi connectivity index (χ3n) is 1.28. The summed E-state index contributed by atoms with van der Waals surface area (Å²) in [4.78, 5) is 0. The van der Waals surface area contributed by atoms with Gasteiger partial charge < -0.3 is 4.74 Å². The SMILES string of the molecule is CCC#CC(OC)C(C)C. The Morgan fingerprint density at radius 2 is 2.00 bits per heavy atom. The van der Waals surface area contributed by atoms with Crippen molar-refractivity contribution in [3.63, 3.8) is 0 Å². The van der Waals surface area contributed by atoms with Crippen LogP contribution in [0.15, 0.2) is 0 Å². The van der Waals surface area contributed by atoms with E-state index in [0.717, 1.165) is 6.42 Å². The van der Waals surface area contributed by atoms with Gasteiger partial charge in [0.2, 0.25) is 0 Å². The van der Waals surface area contributed by atoms with Gasteiger partial charge in [-0.05, 0) is 5.92 Å². The zero-order chi connectivity index (χ0) is 7.98. The number of rotatable bonds is 2. The van der Waals surface area contributed by atoms with Crippen LogP contribution in [0.4, 0.5) is 0 Å². The van der Waals surface area contributed by atoms with Crippen molar-refractivity contribution in [3.05, 3.63) is 0 Å². The van der Waals surface area contributed by atoms with Gasteiger partial charge in [-0.25, -0.2) is 0 Å². The number of hydrogen-bond acceptors (Lipinski definition) is 1. The predicted octanol–water partition coefficient (Wildman–Crippen LogP) is 2.07. The summed E-state index contributed by atoms with van der Waals surface area (Å²) in [6.45, 7) is 6.26. The van der Waals surface area contributed by atoms with Crippen molar-refractivity contribution in [1.29, 1.82) is 0 Å². The van der Waals surface area contributed by atoms with Crippen molar-refractivity contribution < 1.29 is 4.74 Å². The molecule has 0 fully saturated rings. The first kappa shape index (κ1) is 9.52. The van der Waals surface area contributed by atoms with Gasteiger partial charge in [0.15, 0.2) is 0 Å². The van der Waals surface area contributed by atoms with E-state index in [2.05, 4.69) is 25.7 Å². The van der Waals surface area contributed by atoms with E-state index in [1.165, 1.54) is 0 Å². The van der Waals surface area contributed by atoms with E-state index in [1.807, 2.05) is 6.92 Å². The highest BCUT2D eigenvalue weighted by molar-refractivity contribution is 5.05. The van der Waals surface area contributed by atoms with E-state index < -0.39 is 0 Å². The smallest absolute Gasteiger partial charge is 0.120 e. The highest BCUT2D eigenvalue weighted by Gasteiger charge is 2.06. The molecule has 0 aliphatic rings. The third kappa shape index (κ3) is 3.53. The molecule has 0 N–H and O–H groups in total. The summed E-state index contributed by atoms with van der Waals surface area (Å²) in [5, 5.41) is 0. The zero-order valence-electron chi connectivity index (χ0n) is 7.27. The van der Waals surface area contributed by atoms with Crippen molar-refractivity contribution in [2.45, 2.75) is 33.3 Å². The summed E-state index contributed by atoms with van der Waals surface area (Å²) >= 11 is 0. The number of ether oxygens (including phenoxy) is 1. The first-order valence-electron chi connectivity index (χ1n) is 3.73. The van der Waals surface area contributed by atoms with Crippen LogP contribution >= 0.6 is 0 Å². The average molecular weight is 140 g/mol. The molecular weight excluding hydrogens is 124 g/mol. The van der Waals surface area contributed by atoms with Crippen molar-refractivity contribution in [2.75, 3.05) is 7.11 Å². The van der Waals surface area contributed by atoms with Crippen molar-refractivity contribution in [1.82, 2.24) is 0 Å². The molecule has 0 aromatic carbocycles. The lowest BCUT2D eigenvalue weighted by molar-refractivity contribution is 0.111. The van der Waals surface area contributed by atoms with Crippen LogP contribution in [0.5, 0.6) is 0 Å². The van der Waals surface area contributed by atoms with Crippen LogP contribution in [0.3, 0.4) is 0 Å². The standard InChI is InChI=1S/C9H16O/c1-5-6-7-9(10-4)8(2)3/h8-9H,5H2,1-4H3. The van der Waals surface area contributed by atoms with Crippen molar-refractivity contribution >= 4 is 0 Å². The first-order valence-corrected chi connectivity index (χ1v) is 3.73. The van der Waals surface area contributed by atoms with Crippen molar-refractivity contribution in [2.24, 2.45) is 5.92 Å². The molecule has 58 valence electrons. The molecule has 0 spiro atoms. The second-order valence-electron chi connectivity index (χ2n) is 2.57. The molecule has 0 saturated carbocycles. The molecule has 1 unspecified atom stereocenters. The highest BCUT2D eigenvalue weighted by Crippen LogP contribution is 2.03. The minimum atomic E-state index is 0.111. The Hall–Kier alpha value is -0.480. The molecular formula is C9H16O. The van der Waals surface area contributed by atoms with Gasteiger partial charge in [0, 0.05) is 13.5 Å². The van der Waals surface area contributed by atoms with Crippen LogP contribution in [0.2, 0.25) is 0 Å². The maximum atomic E-state index is 5.14. The summed E-state index contributed by atoms with van der Waals surface area (Å²) in [6, 6.07) is 0. The van der Waals surface area contributed by atoms with Gasteiger partial charge in [-0.2, -0.15) is 0 Å². The maximum absolute atomic E-state index is 5.14. The fourth-order valence-electron chi connectivity index (χ4n) is 0.700. The minimum absolute atomic E-state index is 0.111. The minimum Gasteiger partial charge on any atom is -0.368 e. The van der Waals surface area contributed by atoms with E-state index in [4.69, 9.17) is 4.74 Å². The summed E-state index contributed by atoms with van der Waals surface area (Å²) in [5.74, 6) is 6.54. The number of methoxy groups -OCH3 is 1. The molecule has 0 bridgehead atoms. The Balaban J connectivity index is 3.82. The molecule has 10 heavy (non-hydrogen) atoms. The van der Waals surface area contributed by atoms with Gasteiger partial charge in [0.1, 0.15) is 6.10 Å². The molecule has 1 nitrogen and oxygen atoms in total. The molecule has 0 aromatic rings.